The molecule has 0 spiro atoms. The highest BCUT2D eigenvalue weighted by molar-refractivity contribution is 9.10. The molecule has 0 fully saturated rings. The Kier molecular flexibility index (Phi) is 5.48. The number of benzene rings is 1. The van der Waals surface area contributed by atoms with Crippen molar-refractivity contribution in [3.63, 3.8) is 0 Å². The minimum absolute atomic E-state index is 0.0341. The lowest BCUT2D eigenvalue weighted by molar-refractivity contribution is 0.101. The third-order valence-corrected chi connectivity index (χ3v) is 5.53. The van der Waals surface area contributed by atoms with Crippen LogP contribution < -0.4 is 0 Å². The number of halogens is 1. The van der Waals surface area contributed by atoms with E-state index in [1.807, 2.05) is 31.2 Å². The van der Waals surface area contributed by atoms with E-state index in [-0.39, 0.29) is 17.3 Å². The quantitative estimate of drug-likeness (QED) is 0.426. The highest BCUT2D eigenvalue weighted by Crippen LogP contribution is 2.25. The van der Waals surface area contributed by atoms with Crippen LogP contribution in [0.3, 0.4) is 0 Å². The average Bonchev–Trinajstić information content (AvgIpc) is 3.18. The number of nitrogens with zero attached hydrogens (tertiary/aromatic N) is 1. The number of ketones is 2. The zero-order valence-electron chi connectivity index (χ0n) is 14.6. The van der Waals surface area contributed by atoms with Gasteiger partial charge in [0, 0.05) is 15.7 Å². The molecule has 26 heavy (non-hydrogen) atoms. The number of aryl methyl sites for hydroxylation is 1. The predicted octanol–water partition coefficient (Wildman–Crippen LogP) is 4.96. The summed E-state index contributed by atoms with van der Waals surface area (Å²) in [5.74, 6) is 0.156. The van der Waals surface area contributed by atoms with Gasteiger partial charge in [-0.1, -0.05) is 39.8 Å². The molecule has 2 N–H and O–H groups in total. The van der Waals surface area contributed by atoms with E-state index < -0.39 is 0 Å². The van der Waals surface area contributed by atoms with Crippen molar-refractivity contribution in [1.29, 1.82) is 0 Å². The van der Waals surface area contributed by atoms with Crippen molar-refractivity contribution >= 4 is 39.3 Å². The van der Waals surface area contributed by atoms with Crippen molar-refractivity contribution in [1.82, 2.24) is 15.0 Å². The Balaban J connectivity index is 1.70. The molecular formula is C19H18BrN3O2S. The molecule has 3 aromatic rings. The summed E-state index contributed by atoms with van der Waals surface area (Å²) >= 11 is 4.76. The summed E-state index contributed by atoms with van der Waals surface area (Å²) < 4.78 is 1.02. The topological polar surface area (TPSA) is 78.6 Å². The second kappa shape index (κ2) is 7.63. The SMILES string of the molecule is CC(=O)c1c(C)[nH]c(C(=O)CSc2ncc(-c3ccc(Br)cc3)[nH]2)c1C. The van der Waals surface area contributed by atoms with E-state index in [0.29, 0.717) is 16.4 Å². The van der Waals surface area contributed by atoms with Crippen molar-refractivity contribution in [3.05, 3.63) is 57.4 Å². The lowest BCUT2D eigenvalue weighted by Gasteiger charge is -2.00. The van der Waals surface area contributed by atoms with Crippen LogP contribution in [0.5, 0.6) is 0 Å². The molecule has 3 rings (SSSR count). The second-order valence-electron chi connectivity index (χ2n) is 6.00. The van der Waals surface area contributed by atoms with E-state index in [0.717, 1.165) is 27.0 Å². The molecule has 134 valence electrons. The standard InChI is InChI=1S/C19H18BrN3O2S/c1-10-17(12(3)24)11(2)22-18(10)16(25)9-26-19-21-8-15(23-19)13-4-6-14(20)7-5-13/h4-8,22H,9H2,1-3H3,(H,21,23). The number of aromatic nitrogens is 3. The van der Waals surface area contributed by atoms with Crippen molar-refractivity contribution in [2.75, 3.05) is 5.75 Å². The summed E-state index contributed by atoms with van der Waals surface area (Å²) in [5, 5.41) is 0.684. The van der Waals surface area contributed by atoms with Gasteiger partial charge in [0.05, 0.1) is 23.3 Å². The number of hydrogen-bond acceptors (Lipinski definition) is 4. The van der Waals surface area contributed by atoms with E-state index in [1.54, 1.807) is 13.1 Å². The largest absolute Gasteiger partial charge is 0.355 e. The minimum atomic E-state index is -0.0512. The van der Waals surface area contributed by atoms with Crippen molar-refractivity contribution in [2.45, 2.75) is 25.9 Å². The molecule has 5 nitrogen and oxygen atoms in total. The molecular weight excluding hydrogens is 414 g/mol. The number of thioether (sulfide) groups is 1. The van der Waals surface area contributed by atoms with Crippen LogP contribution >= 0.6 is 27.7 Å². The van der Waals surface area contributed by atoms with Crippen LogP contribution in [0.1, 0.15) is 39.0 Å². The van der Waals surface area contributed by atoms with Crippen LogP contribution in [0.15, 0.2) is 40.1 Å². The van der Waals surface area contributed by atoms with E-state index in [4.69, 9.17) is 0 Å². The normalized spacial score (nSPS) is 10.9. The van der Waals surface area contributed by atoms with Gasteiger partial charge in [0.25, 0.3) is 0 Å². The summed E-state index contributed by atoms with van der Waals surface area (Å²) in [6.45, 7) is 5.13. The molecule has 0 atom stereocenters. The maximum absolute atomic E-state index is 12.5. The maximum atomic E-state index is 12.5. The Morgan fingerprint density at radius 3 is 2.46 bits per heavy atom. The zero-order valence-corrected chi connectivity index (χ0v) is 17.0. The Morgan fingerprint density at radius 1 is 1.15 bits per heavy atom. The average molecular weight is 432 g/mol. The summed E-state index contributed by atoms with van der Waals surface area (Å²) in [6, 6.07) is 7.92. The third kappa shape index (κ3) is 3.83. The monoisotopic (exact) mass is 431 g/mol. The van der Waals surface area contributed by atoms with Gasteiger partial charge in [-0.05, 0) is 44.0 Å². The van der Waals surface area contributed by atoms with E-state index in [1.165, 1.54) is 18.7 Å². The number of carbonyl (C=O) groups is 2. The highest BCUT2D eigenvalue weighted by Gasteiger charge is 2.20. The van der Waals surface area contributed by atoms with E-state index in [2.05, 4.69) is 30.9 Å². The zero-order chi connectivity index (χ0) is 18.8. The smallest absolute Gasteiger partial charge is 0.189 e. The number of Topliss-reactive ketones (excluding diaryl/α,β-unsaturated/α-hetero) is 2. The first kappa shape index (κ1) is 18.7. The lowest BCUT2D eigenvalue weighted by Crippen LogP contribution is -2.05. The van der Waals surface area contributed by atoms with Crippen molar-refractivity contribution in [3.8, 4) is 11.3 Å². The van der Waals surface area contributed by atoms with Crippen LogP contribution in [0.25, 0.3) is 11.3 Å². The molecule has 0 aliphatic carbocycles. The van der Waals surface area contributed by atoms with Crippen LogP contribution in [-0.2, 0) is 0 Å². The van der Waals surface area contributed by atoms with Crippen LogP contribution in [0.4, 0.5) is 0 Å². The summed E-state index contributed by atoms with van der Waals surface area (Å²) in [4.78, 5) is 34.8. The van der Waals surface area contributed by atoms with Gasteiger partial charge in [0.15, 0.2) is 16.7 Å². The fourth-order valence-electron chi connectivity index (χ4n) is 2.92. The van der Waals surface area contributed by atoms with Crippen molar-refractivity contribution < 1.29 is 9.59 Å². The Bertz CT molecular complexity index is 973. The molecule has 2 heterocycles. The van der Waals surface area contributed by atoms with Gasteiger partial charge in [0.2, 0.25) is 0 Å². The Morgan fingerprint density at radius 2 is 1.85 bits per heavy atom. The summed E-state index contributed by atoms with van der Waals surface area (Å²) in [7, 11) is 0. The van der Waals surface area contributed by atoms with Gasteiger partial charge in [-0.25, -0.2) is 4.98 Å². The molecule has 0 aliphatic heterocycles. The third-order valence-electron chi connectivity index (χ3n) is 4.12. The van der Waals surface area contributed by atoms with Crippen LogP contribution in [0.2, 0.25) is 0 Å². The lowest BCUT2D eigenvalue weighted by atomic mass is 10.1. The number of aromatic amines is 2. The molecule has 0 saturated heterocycles. The fraction of sp³-hybridized carbons (Fsp3) is 0.211. The Labute approximate surface area is 164 Å². The summed E-state index contributed by atoms with van der Waals surface area (Å²) in [6.07, 6.45) is 1.76. The number of rotatable bonds is 6. The van der Waals surface area contributed by atoms with Gasteiger partial charge in [-0.3, -0.25) is 9.59 Å². The van der Waals surface area contributed by atoms with Gasteiger partial charge in [-0.2, -0.15) is 0 Å². The number of imidazole rings is 1. The predicted molar refractivity (Wildman–Crippen MR) is 107 cm³/mol. The molecule has 2 aromatic heterocycles. The maximum Gasteiger partial charge on any atom is 0.189 e. The van der Waals surface area contributed by atoms with E-state index in [9.17, 15) is 9.59 Å². The highest BCUT2D eigenvalue weighted by atomic mass is 79.9. The first-order chi connectivity index (χ1) is 12.4. The van der Waals surface area contributed by atoms with Gasteiger partial charge < -0.3 is 9.97 Å². The van der Waals surface area contributed by atoms with Gasteiger partial charge in [-0.15, -0.1) is 0 Å². The minimum Gasteiger partial charge on any atom is -0.355 e. The molecule has 0 amide bonds. The van der Waals surface area contributed by atoms with Gasteiger partial charge >= 0.3 is 0 Å². The molecule has 1 aromatic carbocycles. The fourth-order valence-corrected chi connectivity index (χ4v) is 3.90. The first-order valence-corrected chi connectivity index (χ1v) is 9.81. The molecule has 7 heteroatoms. The summed E-state index contributed by atoms with van der Waals surface area (Å²) in [5.41, 5.74) is 4.49. The molecule has 0 unspecified atom stereocenters. The number of carbonyl (C=O) groups excluding carboxylic acids is 2. The molecule has 0 aliphatic rings. The van der Waals surface area contributed by atoms with Crippen LogP contribution in [0, 0.1) is 13.8 Å². The number of hydrogen-bond donors (Lipinski definition) is 2. The van der Waals surface area contributed by atoms with Crippen LogP contribution in [-0.4, -0.2) is 32.3 Å². The number of nitrogens with one attached hydrogen (secondary N) is 2. The first-order valence-electron chi connectivity index (χ1n) is 8.04. The molecule has 0 radical (unpaired) electrons. The van der Waals surface area contributed by atoms with Crippen molar-refractivity contribution in [2.24, 2.45) is 0 Å². The van der Waals surface area contributed by atoms with Gasteiger partial charge in [0.1, 0.15) is 0 Å². The van der Waals surface area contributed by atoms with E-state index >= 15 is 0 Å². The second-order valence-corrected chi connectivity index (χ2v) is 7.88. The molecule has 0 saturated carbocycles. The number of H-pyrrole nitrogens is 2. The Hall–Kier alpha value is -2.12. The molecule has 0 bridgehead atoms.